The molecule has 0 spiro atoms. The maximum Gasteiger partial charge on any atom is 0.0622 e. The van der Waals surface area contributed by atoms with E-state index in [1.807, 2.05) is 7.05 Å². The second-order valence-corrected chi connectivity index (χ2v) is 4.11. The molecule has 2 unspecified atom stereocenters. The summed E-state index contributed by atoms with van der Waals surface area (Å²) in [7, 11) is 2.04. The normalized spacial score (nSPS) is 35.8. The Morgan fingerprint density at radius 3 is 3.08 bits per heavy atom. The Kier molecular flexibility index (Phi) is 3.19. The van der Waals surface area contributed by atoms with Crippen LogP contribution in [0.5, 0.6) is 0 Å². The fourth-order valence-electron chi connectivity index (χ4n) is 2.58. The van der Waals surface area contributed by atoms with Crippen LogP contribution in [-0.2, 0) is 4.74 Å². The molecule has 0 amide bonds. The quantitative estimate of drug-likeness (QED) is 0.689. The molecule has 2 atom stereocenters. The molecule has 2 aliphatic heterocycles. The lowest BCUT2D eigenvalue weighted by Crippen LogP contribution is -2.43. The zero-order valence-corrected chi connectivity index (χ0v) is 8.46. The lowest BCUT2D eigenvalue weighted by atomic mass is 10.1. The summed E-state index contributed by atoms with van der Waals surface area (Å²) in [4.78, 5) is 2.64. The van der Waals surface area contributed by atoms with E-state index in [1.54, 1.807) is 0 Å². The highest BCUT2D eigenvalue weighted by atomic mass is 16.5. The van der Waals surface area contributed by atoms with Crippen molar-refractivity contribution in [1.29, 1.82) is 0 Å². The Balaban J connectivity index is 1.88. The van der Waals surface area contributed by atoms with E-state index in [-0.39, 0.29) is 0 Å². The van der Waals surface area contributed by atoms with Gasteiger partial charge in [0, 0.05) is 25.2 Å². The number of nitrogens with one attached hydrogen (secondary N) is 1. The molecule has 13 heavy (non-hydrogen) atoms. The minimum absolute atomic E-state index is 0.709. The lowest BCUT2D eigenvalue weighted by molar-refractivity contribution is 0.135. The third-order valence-electron chi connectivity index (χ3n) is 3.24. The number of rotatable bonds is 3. The average molecular weight is 184 g/mol. The van der Waals surface area contributed by atoms with E-state index in [0.717, 1.165) is 25.8 Å². The smallest absolute Gasteiger partial charge is 0.0622 e. The van der Waals surface area contributed by atoms with Crippen molar-refractivity contribution in [2.45, 2.75) is 31.3 Å². The number of ether oxygens (including phenoxy) is 1. The van der Waals surface area contributed by atoms with E-state index < -0.39 is 0 Å². The third kappa shape index (κ3) is 2.03. The third-order valence-corrected chi connectivity index (χ3v) is 3.24. The standard InChI is InChI=1S/C10H20N2O/c1-11-7-9-3-2-5-12(9)10-4-6-13-8-10/h9-11H,2-8H2,1H3. The summed E-state index contributed by atoms with van der Waals surface area (Å²) in [6.07, 6.45) is 3.96. The first-order valence-electron chi connectivity index (χ1n) is 5.40. The van der Waals surface area contributed by atoms with Gasteiger partial charge in [-0.2, -0.15) is 0 Å². The van der Waals surface area contributed by atoms with Gasteiger partial charge in [-0.25, -0.2) is 0 Å². The molecule has 2 heterocycles. The Hall–Kier alpha value is -0.120. The fraction of sp³-hybridized carbons (Fsp3) is 1.00. The average Bonchev–Trinajstić information content (AvgIpc) is 2.71. The van der Waals surface area contributed by atoms with Gasteiger partial charge in [-0.3, -0.25) is 4.90 Å². The lowest BCUT2D eigenvalue weighted by Gasteiger charge is -2.29. The van der Waals surface area contributed by atoms with Crippen molar-refractivity contribution in [2.24, 2.45) is 0 Å². The van der Waals surface area contributed by atoms with Gasteiger partial charge < -0.3 is 10.1 Å². The van der Waals surface area contributed by atoms with Gasteiger partial charge in [0.1, 0.15) is 0 Å². The van der Waals surface area contributed by atoms with Gasteiger partial charge in [0.25, 0.3) is 0 Å². The molecule has 0 aromatic carbocycles. The first kappa shape index (κ1) is 9.44. The van der Waals surface area contributed by atoms with Crippen molar-refractivity contribution < 1.29 is 4.74 Å². The van der Waals surface area contributed by atoms with Crippen molar-refractivity contribution in [1.82, 2.24) is 10.2 Å². The highest BCUT2D eigenvalue weighted by molar-refractivity contribution is 4.87. The SMILES string of the molecule is CNCC1CCCN1C1CCOC1. The van der Waals surface area contributed by atoms with Crippen LogP contribution in [0.15, 0.2) is 0 Å². The van der Waals surface area contributed by atoms with Crippen molar-refractivity contribution in [2.75, 3.05) is 33.4 Å². The molecule has 0 aliphatic carbocycles. The van der Waals surface area contributed by atoms with E-state index in [4.69, 9.17) is 4.74 Å². The van der Waals surface area contributed by atoms with Crippen LogP contribution in [0, 0.1) is 0 Å². The van der Waals surface area contributed by atoms with Gasteiger partial charge in [-0.1, -0.05) is 0 Å². The molecule has 2 aliphatic rings. The minimum Gasteiger partial charge on any atom is -0.380 e. The molecule has 1 N–H and O–H groups in total. The molecular weight excluding hydrogens is 164 g/mol. The molecule has 2 fully saturated rings. The Labute approximate surface area is 80.4 Å². The molecule has 0 saturated carbocycles. The number of hydrogen-bond donors (Lipinski definition) is 1. The molecule has 2 saturated heterocycles. The van der Waals surface area contributed by atoms with E-state index in [1.165, 1.54) is 25.8 Å². The first-order valence-corrected chi connectivity index (χ1v) is 5.40. The molecule has 76 valence electrons. The number of nitrogens with zero attached hydrogens (tertiary/aromatic N) is 1. The number of likely N-dealkylation sites (tertiary alicyclic amines) is 1. The van der Waals surface area contributed by atoms with Gasteiger partial charge in [0.2, 0.25) is 0 Å². The van der Waals surface area contributed by atoms with Crippen LogP contribution in [-0.4, -0.2) is 50.3 Å². The molecule has 0 aromatic rings. The summed E-state index contributed by atoms with van der Waals surface area (Å²) in [6, 6.07) is 1.47. The van der Waals surface area contributed by atoms with Crippen LogP contribution in [0.1, 0.15) is 19.3 Å². The van der Waals surface area contributed by atoms with E-state index >= 15 is 0 Å². The fourth-order valence-corrected chi connectivity index (χ4v) is 2.58. The number of likely N-dealkylation sites (N-methyl/N-ethyl adjacent to an activating group) is 1. The molecule has 0 radical (unpaired) electrons. The Morgan fingerprint density at radius 1 is 1.46 bits per heavy atom. The monoisotopic (exact) mass is 184 g/mol. The minimum atomic E-state index is 0.709. The molecule has 0 aromatic heterocycles. The molecule has 2 rings (SSSR count). The Bertz CT molecular complexity index is 157. The predicted octanol–water partition coefficient (Wildman–Crippen LogP) is 0.459. The van der Waals surface area contributed by atoms with Gasteiger partial charge in [-0.15, -0.1) is 0 Å². The molecule has 3 nitrogen and oxygen atoms in total. The summed E-state index contributed by atoms with van der Waals surface area (Å²) >= 11 is 0. The summed E-state index contributed by atoms with van der Waals surface area (Å²) < 4.78 is 5.43. The molecule has 0 bridgehead atoms. The molecular formula is C10H20N2O. The van der Waals surface area contributed by atoms with Gasteiger partial charge in [0.15, 0.2) is 0 Å². The Morgan fingerprint density at radius 2 is 2.38 bits per heavy atom. The highest BCUT2D eigenvalue weighted by Gasteiger charge is 2.31. The van der Waals surface area contributed by atoms with Gasteiger partial charge >= 0.3 is 0 Å². The van der Waals surface area contributed by atoms with E-state index in [9.17, 15) is 0 Å². The van der Waals surface area contributed by atoms with Crippen molar-refractivity contribution in [3.8, 4) is 0 Å². The van der Waals surface area contributed by atoms with Crippen LogP contribution >= 0.6 is 0 Å². The zero-order valence-electron chi connectivity index (χ0n) is 8.46. The zero-order chi connectivity index (χ0) is 9.10. The topological polar surface area (TPSA) is 24.5 Å². The van der Waals surface area contributed by atoms with Crippen molar-refractivity contribution in [3.63, 3.8) is 0 Å². The maximum atomic E-state index is 5.43. The van der Waals surface area contributed by atoms with Crippen LogP contribution in [0.25, 0.3) is 0 Å². The van der Waals surface area contributed by atoms with Crippen molar-refractivity contribution >= 4 is 0 Å². The van der Waals surface area contributed by atoms with Gasteiger partial charge in [-0.05, 0) is 32.9 Å². The van der Waals surface area contributed by atoms with E-state index in [0.29, 0.717) is 6.04 Å². The highest BCUT2D eigenvalue weighted by Crippen LogP contribution is 2.23. The largest absolute Gasteiger partial charge is 0.380 e. The van der Waals surface area contributed by atoms with Crippen LogP contribution in [0.4, 0.5) is 0 Å². The van der Waals surface area contributed by atoms with E-state index in [2.05, 4.69) is 10.2 Å². The number of hydrogen-bond acceptors (Lipinski definition) is 3. The first-order chi connectivity index (χ1) is 6.42. The predicted molar refractivity (Wildman–Crippen MR) is 52.9 cm³/mol. The van der Waals surface area contributed by atoms with Gasteiger partial charge in [0.05, 0.1) is 6.61 Å². The van der Waals surface area contributed by atoms with Crippen molar-refractivity contribution in [3.05, 3.63) is 0 Å². The summed E-state index contributed by atoms with van der Waals surface area (Å²) in [5, 5.41) is 3.28. The summed E-state index contributed by atoms with van der Waals surface area (Å²) in [6.45, 7) is 4.34. The van der Waals surface area contributed by atoms with Crippen LogP contribution in [0.3, 0.4) is 0 Å². The molecule has 3 heteroatoms. The summed E-state index contributed by atoms with van der Waals surface area (Å²) in [5.74, 6) is 0. The second kappa shape index (κ2) is 4.40. The summed E-state index contributed by atoms with van der Waals surface area (Å²) in [5.41, 5.74) is 0. The second-order valence-electron chi connectivity index (χ2n) is 4.11. The maximum absolute atomic E-state index is 5.43. The van der Waals surface area contributed by atoms with Crippen LogP contribution in [0.2, 0.25) is 0 Å². The van der Waals surface area contributed by atoms with Crippen LogP contribution < -0.4 is 5.32 Å².